The minimum Gasteiger partial charge on any atom is -0.455 e. The average molecular weight is 352 g/mol. The topological polar surface area (TPSA) is 68.3 Å². The number of ether oxygens (including phenoxy) is 1. The SMILES string of the molecule is Cc1ccc(NC(=O)c2csc(COC(=O)c3ccccc3)n2)cc1. The van der Waals surface area contributed by atoms with Crippen molar-refractivity contribution in [3.05, 3.63) is 81.8 Å². The van der Waals surface area contributed by atoms with Crippen LogP contribution in [0.15, 0.2) is 60.0 Å². The summed E-state index contributed by atoms with van der Waals surface area (Å²) in [5, 5.41) is 5.00. The molecular formula is C19H16N2O3S. The Hall–Kier alpha value is -2.99. The summed E-state index contributed by atoms with van der Waals surface area (Å²) in [4.78, 5) is 28.3. The smallest absolute Gasteiger partial charge is 0.338 e. The molecule has 0 radical (unpaired) electrons. The van der Waals surface area contributed by atoms with E-state index in [4.69, 9.17) is 4.74 Å². The van der Waals surface area contributed by atoms with Gasteiger partial charge in [-0.05, 0) is 31.2 Å². The van der Waals surface area contributed by atoms with Crippen LogP contribution in [0.3, 0.4) is 0 Å². The first-order valence-electron chi connectivity index (χ1n) is 7.66. The van der Waals surface area contributed by atoms with Crippen LogP contribution in [0.4, 0.5) is 5.69 Å². The molecular weight excluding hydrogens is 336 g/mol. The van der Waals surface area contributed by atoms with Crippen molar-refractivity contribution in [2.24, 2.45) is 0 Å². The zero-order valence-electron chi connectivity index (χ0n) is 13.6. The van der Waals surface area contributed by atoms with Crippen molar-refractivity contribution >= 4 is 28.9 Å². The lowest BCUT2D eigenvalue weighted by atomic mass is 10.2. The Morgan fingerprint density at radius 1 is 1.08 bits per heavy atom. The Bertz CT molecular complexity index is 873. The van der Waals surface area contributed by atoms with Gasteiger partial charge in [0.15, 0.2) is 0 Å². The number of carbonyl (C=O) groups excluding carboxylic acids is 2. The van der Waals surface area contributed by atoms with Crippen LogP contribution < -0.4 is 5.32 Å². The number of hydrogen-bond acceptors (Lipinski definition) is 5. The summed E-state index contributed by atoms with van der Waals surface area (Å²) in [6, 6.07) is 16.3. The van der Waals surface area contributed by atoms with Gasteiger partial charge in [-0.15, -0.1) is 11.3 Å². The third kappa shape index (κ3) is 4.51. The molecule has 6 heteroatoms. The lowest BCUT2D eigenvalue weighted by Gasteiger charge is -2.03. The van der Waals surface area contributed by atoms with E-state index in [9.17, 15) is 9.59 Å². The Balaban J connectivity index is 1.57. The van der Waals surface area contributed by atoms with Crippen LogP contribution in [-0.2, 0) is 11.3 Å². The lowest BCUT2D eigenvalue weighted by Crippen LogP contribution is -2.12. The van der Waals surface area contributed by atoms with Crippen molar-refractivity contribution in [3.63, 3.8) is 0 Å². The van der Waals surface area contributed by atoms with Gasteiger partial charge in [-0.2, -0.15) is 0 Å². The molecule has 0 saturated carbocycles. The molecule has 25 heavy (non-hydrogen) atoms. The van der Waals surface area contributed by atoms with Crippen molar-refractivity contribution in [2.75, 3.05) is 5.32 Å². The first-order valence-corrected chi connectivity index (χ1v) is 8.54. The molecule has 0 aliphatic carbocycles. The largest absolute Gasteiger partial charge is 0.455 e. The summed E-state index contributed by atoms with van der Waals surface area (Å²) in [5.74, 6) is -0.706. The molecule has 0 aliphatic heterocycles. The van der Waals surface area contributed by atoms with Gasteiger partial charge in [0.2, 0.25) is 0 Å². The highest BCUT2D eigenvalue weighted by molar-refractivity contribution is 7.09. The minimum absolute atomic E-state index is 0.0379. The lowest BCUT2D eigenvalue weighted by molar-refractivity contribution is 0.0472. The molecule has 3 aromatic rings. The molecule has 0 fully saturated rings. The van der Waals surface area contributed by atoms with Crippen molar-refractivity contribution in [3.8, 4) is 0 Å². The molecule has 0 unspecified atom stereocenters. The number of nitrogens with zero attached hydrogens (tertiary/aromatic N) is 1. The van der Waals surface area contributed by atoms with E-state index in [1.165, 1.54) is 11.3 Å². The maximum absolute atomic E-state index is 12.2. The number of rotatable bonds is 5. The van der Waals surface area contributed by atoms with Crippen LogP contribution in [-0.4, -0.2) is 16.9 Å². The normalized spacial score (nSPS) is 10.3. The molecule has 2 aromatic carbocycles. The summed E-state index contributed by atoms with van der Waals surface area (Å²) in [6.45, 7) is 2.02. The monoisotopic (exact) mass is 352 g/mol. The van der Waals surface area contributed by atoms with E-state index in [2.05, 4.69) is 10.3 Å². The predicted octanol–water partition coefficient (Wildman–Crippen LogP) is 4.06. The van der Waals surface area contributed by atoms with Crippen molar-refractivity contribution in [1.82, 2.24) is 4.98 Å². The average Bonchev–Trinajstić information content (AvgIpc) is 3.11. The molecule has 3 rings (SSSR count). The Morgan fingerprint density at radius 2 is 1.80 bits per heavy atom. The first-order chi connectivity index (χ1) is 12.1. The third-order valence-corrected chi connectivity index (χ3v) is 4.25. The van der Waals surface area contributed by atoms with Crippen LogP contribution in [0, 0.1) is 6.92 Å². The second-order valence-corrected chi connectivity index (χ2v) is 6.33. The minimum atomic E-state index is -0.415. The van der Waals surface area contributed by atoms with Crippen LogP contribution in [0.5, 0.6) is 0 Å². The van der Waals surface area contributed by atoms with Gasteiger partial charge in [0.1, 0.15) is 17.3 Å². The van der Waals surface area contributed by atoms with Gasteiger partial charge in [0.05, 0.1) is 5.56 Å². The van der Waals surface area contributed by atoms with Gasteiger partial charge >= 0.3 is 5.97 Å². The second kappa shape index (κ2) is 7.72. The van der Waals surface area contributed by atoms with Gasteiger partial charge in [0.25, 0.3) is 5.91 Å². The molecule has 0 bridgehead atoms. The van der Waals surface area contributed by atoms with Crippen LogP contribution in [0.25, 0.3) is 0 Å². The van der Waals surface area contributed by atoms with E-state index in [1.54, 1.807) is 29.6 Å². The fourth-order valence-electron chi connectivity index (χ4n) is 2.10. The number of thiazole rings is 1. The quantitative estimate of drug-likeness (QED) is 0.703. The zero-order valence-corrected chi connectivity index (χ0v) is 14.4. The molecule has 1 aromatic heterocycles. The Kier molecular flexibility index (Phi) is 5.20. The van der Waals surface area contributed by atoms with Gasteiger partial charge in [-0.1, -0.05) is 35.9 Å². The zero-order chi connectivity index (χ0) is 17.6. The fraction of sp³-hybridized carbons (Fsp3) is 0.105. The Morgan fingerprint density at radius 3 is 2.52 bits per heavy atom. The molecule has 1 heterocycles. The number of esters is 1. The number of aryl methyl sites for hydroxylation is 1. The molecule has 1 N–H and O–H groups in total. The fourth-order valence-corrected chi connectivity index (χ4v) is 2.78. The van der Waals surface area contributed by atoms with E-state index >= 15 is 0 Å². The molecule has 5 nitrogen and oxygen atoms in total. The molecule has 0 atom stereocenters. The van der Waals surface area contributed by atoms with Crippen molar-refractivity contribution < 1.29 is 14.3 Å². The summed E-state index contributed by atoms with van der Waals surface area (Å²) in [7, 11) is 0. The van der Waals surface area contributed by atoms with Crippen molar-refractivity contribution in [1.29, 1.82) is 0 Å². The second-order valence-electron chi connectivity index (χ2n) is 5.39. The van der Waals surface area contributed by atoms with E-state index in [1.807, 2.05) is 37.3 Å². The van der Waals surface area contributed by atoms with Gasteiger partial charge in [-0.25, -0.2) is 9.78 Å². The molecule has 0 aliphatic rings. The summed E-state index contributed by atoms with van der Waals surface area (Å²) in [5.41, 5.74) is 2.61. The number of anilines is 1. The number of hydrogen-bond donors (Lipinski definition) is 1. The maximum atomic E-state index is 12.2. The number of aromatic nitrogens is 1. The number of nitrogens with one attached hydrogen (secondary N) is 1. The highest BCUT2D eigenvalue weighted by Gasteiger charge is 2.13. The number of carbonyl (C=O) groups is 2. The number of amides is 1. The summed E-state index contributed by atoms with van der Waals surface area (Å²) in [6.07, 6.45) is 0. The van der Waals surface area contributed by atoms with Gasteiger partial charge < -0.3 is 10.1 Å². The molecule has 126 valence electrons. The number of benzene rings is 2. The summed E-state index contributed by atoms with van der Waals surface area (Å²) < 4.78 is 5.22. The molecule has 0 spiro atoms. The van der Waals surface area contributed by atoms with E-state index in [-0.39, 0.29) is 12.5 Å². The van der Waals surface area contributed by atoms with Gasteiger partial charge in [0, 0.05) is 11.1 Å². The molecule has 0 saturated heterocycles. The van der Waals surface area contributed by atoms with E-state index in [0.717, 1.165) is 5.56 Å². The third-order valence-electron chi connectivity index (χ3n) is 3.43. The first kappa shape index (κ1) is 16.9. The highest BCUT2D eigenvalue weighted by atomic mass is 32.1. The standard InChI is InChI=1S/C19H16N2O3S/c1-13-7-9-15(10-8-13)20-18(22)16-12-25-17(21-16)11-24-19(23)14-5-3-2-4-6-14/h2-10,12H,11H2,1H3,(H,20,22). The van der Waals surface area contributed by atoms with E-state index in [0.29, 0.717) is 22.0 Å². The van der Waals surface area contributed by atoms with Crippen LogP contribution >= 0.6 is 11.3 Å². The van der Waals surface area contributed by atoms with Crippen molar-refractivity contribution in [2.45, 2.75) is 13.5 Å². The predicted molar refractivity (Wildman–Crippen MR) is 96.8 cm³/mol. The maximum Gasteiger partial charge on any atom is 0.338 e. The highest BCUT2D eigenvalue weighted by Crippen LogP contribution is 2.15. The summed E-state index contributed by atoms with van der Waals surface area (Å²) >= 11 is 1.28. The van der Waals surface area contributed by atoms with Crippen LogP contribution in [0.2, 0.25) is 0 Å². The van der Waals surface area contributed by atoms with Crippen LogP contribution in [0.1, 0.15) is 31.4 Å². The van der Waals surface area contributed by atoms with E-state index < -0.39 is 5.97 Å². The van der Waals surface area contributed by atoms with Gasteiger partial charge in [-0.3, -0.25) is 4.79 Å². The molecule has 1 amide bonds. The Labute approximate surface area is 149 Å².